The SMILES string of the molecule is C1=Cc2cccc(-c3cccc(-c4c5ccc(N(c6ccccc6)c6ccc7ccccc7c6)cc5c(C5=CC(c6cccc7ccccc67)=CCC5)c5ccc(N(c6ccccc6)c6ccc7ccccc7c6)cc45)c3)c2CC1. The van der Waals surface area contributed by atoms with Crippen LogP contribution in [0.4, 0.5) is 34.1 Å². The Bertz CT molecular complexity index is 4650. The number of nitrogens with zero attached hydrogens (tertiary/aromatic N) is 2. The molecule has 0 aromatic heterocycles. The Labute approximate surface area is 467 Å². The first-order valence-corrected chi connectivity index (χ1v) is 28.2. The molecule has 15 rings (SSSR count). The summed E-state index contributed by atoms with van der Waals surface area (Å²) in [5, 5.41) is 12.3. The van der Waals surface area contributed by atoms with Crippen molar-refractivity contribution >= 4 is 105 Å². The Morgan fingerprint density at radius 1 is 0.300 bits per heavy atom. The van der Waals surface area contributed by atoms with Crippen LogP contribution in [0.15, 0.2) is 285 Å². The third-order valence-electron chi connectivity index (χ3n) is 16.7. The van der Waals surface area contributed by atoms with E-state index >= 15 is 0 Å². The van der Waals surface area contributed by atoms with Crippen molar-refractivity contribution in [2.45, 2.75) is 25.7 Å². The van der Waals surface area contributed by atoms with Crippen LogP contribution in [0, 0.1) is 0 Å². The molecular weight excluding hydrogens is 965 g/mol. The van der Waals surface area contributed by atoms with Gasteiger partial charge in [0, 0.05) is 34.1 Å². The molecule has 0 aliphatic heterocycles. The lowest BCUT2D eigenvalue weighted by molar-refractivity contribution is 0.988. The van der Waals surface area contributed by atoms with Crippen LogP contribution in [0.2, 0.25) is 0 Å². The highest BCUT2D eigenvalue weighted by atomic mass is 15.1. The first kappa shape index (κ1) is 47.2. The maximum atomic E-state index is 2.51. The summed E-state index contributed by atoms with van der Waals surface area (Å²) in [6, 6.07) is 99.2. The topological polar surface area (TPSA) is 6.48 Å². The summed E-state index contributed by atoms with van der Waals surface area (Å²) in [5.41, 5.74) is 19.5. The van der Waals surface area contributed by atoms with Crippen LogP contribution in [-0.2, 0) is 6.42 Å². The van der Waals surface area contributed by atoms with E-state index in [1.807, 2.05) is 0 Å². The van der Waals surface area contributed by atoms with E-state index < -0.39 is 0 Å². The van der Waals surface area contributed by atoms with Crippen molar-refractivity contribution in [3.05, 3.63) is 307 Å². The first-order chi connectivity index (χ1) is 39.7. The molecule has 13 aromatic carbocycles. The minimum atomic E-state index is 0.910. The molecule has 13 aromatic rings. The van der Waals surface area contributed by atoms with Gasteiger partial charge < -0.3 is 9.80 Å². The van der Waals surface area contributed by atoms with E-state index in [1.54, 1.807) is 0 Å². The number of anilines is 6. The Hall–Kier alpha value is -10.0. The predicted octanol–water partition coefficient (Wildman–Crippen LogP) is 21.9. The lowest BCUT2D eigenvalue weighted by Gasteiger charge is -2.29. The molecule has 0 amide bonds. The number of rotatable bonds is 10. The number of para-hydroxylation sites is 2. The van der Waals surface area contributed by atoms with E-state index in [4.69, 9.17) is 0 Å². The molecule has 0 saturated heterocycles. The standard InChI is InChI=1S/C78H56N2/c1-3-31-63(32-4-1)79(65-41-39-53-19-7-9-23-57(53)49-65)67-43-45-73-75(51-67)77(61-29-15-27-59(47-61)71-37-17-25-55-21-11-13-35-69(55)71)74-46-44-68(80(64-33-5-2-6-34-64)66-42-40-54-20-8-10-24-58(54)50-66)52-76(74)78(73)62-30-16-28-60(48-62)72-38-18-26-56-22-12-14-36-70(56)72/h1-13,16-28,30-35,37-52H,14-15,29,36H2. The van der Waals surface area contributed by atoms with Crippen molar-refractivity contribution in [1.29, 1.82) is 0 Å². The van der Waals surface area contributed by atoms with Crippen LogP contribution in [0.5, 0.6) is 0 Å². The van der Waals surface area contributed by atoms with Gasteiger partial charge in [-0.25, -0.2) is 0 Å². The number of fused-ring (bicyclic) bond motifs is 6. The highest BCUT2D eigenvalue weighted by molar-refractivity contribution is 6.21. The average molecular weight is 1020 g/mol. The minimum Gasteiger partial charge on any atom is -0.310 e. The van der Waals surface area contributed by atoms with Gasteiger partial charge in [0.15, 0.2) is 0 Å². The van der Waals surface area contributed by atoms with Gasteiger partial charge in [-0.3, -0.25) is 0 Å². The van der Waals surface area contributed by atoms with Crippen molar-refractivity contribution in [1.82, 2.24) is 0 Å². The second-order valence-corrected chi connectivity index (χ2v) is 21.4. The molecule has 2 heteroatoms. The summed E-state index contributed by atoms with van der Waals surface area (Å²) in [5.74, 6) is 0. The minimum absolute atomic E-state index is 0.910. The fourth-order valence-electron chi connectivity index (χ4n) is 13.0. The molecule has 2 nitrogen and oxygen atoms in total. The quantitative estimate of drug-likeness (QED) is 0.126. The van der Waals surface area contributed by atoms with Crippen molar-refractivity contribution < 1.29 is 0 Å². The zero-order valence-corrected chi connectivity index (χ0v) is 44.4. The molecular formula is C78H56N2. The molecule has 80 heavy (non-hydrogen) atoms. The summed E-state index contributed by atoms with van der Waals surface area (Å²) in [4.78, 5) is 4.87. The van der Waals surface area contributed by atoms with E-state index in [9.17, 15) is 0 Å². The van der Waals surface area contributed by atoms with Gasteiger partial charge in [0.25, 0.3) is 0 Å². The first-order valence-electron chi connectivity index (χ1n) is 28.2. The second kappa shape index (κ2) is 20.1. The van der Waals surface area contributed by atoms with Crippen molar-refractivity contribution in [2.75, 3.05) is 9.80 Å². The Balaban J connectivity index is 1.04. The van der Waals surface area contributed by atoms with Crippen LogP contribution in [0.25, 0.3) is 93.3 Å². The molecule has 0 radical (unpaired) electrons. The highest BCUT2D eigenvalue weighted by Crippen LogP contribution is 2.50. The average Bonchev–Trinajstić information content (AvgIpc) is 3.59. The Kier molecular flexibility index (Phi) is 11.9. The summed E-state index contributed by atoms with van der Waals surface area (Å²) >= 11 is 0. The zero-order chi connectivity index (χ0) is 52.9. The maximum absolute atomic E-state index is 2.51. The molecule has 0 fully saturated rings. The van der Waals surface area contributed by atoms with E-state index in [2.05, 4.69) is 301 Å². The molecule has 0 unspecified atom stereocenters. The fraction of sp³-hybridized carbons (Fsp3) is 0.0513. The van der Waals surface area contributed by atoms with Crippen LogP contribution in [-0.4, -0.2) is 0 Å². The van der Waals surface area contributed by atoms with Crippen LogP contribution >= 0.6 is 0 Å². The number of benzene rings is 13. The molecule has 0 saturated carbocycles. The molecule has 0 N–H and O–H groups in total. The van der Waals surface area contributed by atoms with Crippen molar-refractivity contribution in [3.63, 3.8) is 0 Å². The Morgan fingerprint density at radius 2 is 0.825 bits per heavy atom. The van der Waals surface area contributed by atoms with Gasteiger partial charge in [0.2, 0.25) is 0 Å². The zero-order valence-electron chi connectivity index (χ0n) is 44.4. The van der Waals surface area contributed by atoms with Gasteiger partial charge in [-0.15, -0.1) is 0 Å². The van der Waals surface area contributed by atoms with Crippen LogP contribution < -0.4 is 9.80 Å². The molecule has 2 aliphatic rings. The van der Waals surface area contributed by atoms with E-state index in [0.717, 1.165) is 59.8 Å². The van der Waals surface area contributed by atoms with Gasteiger partial charge in [0.05, 0.1) is 0 Å². The molecule has 2 aliphatic carbocycles. The number of allylic oxidation sites excluding steroid dienone is 5. The van der Waals surface area contributed by atoms with E-state index in [1.165, 1.54) is 110 Å². The lowest BCUT2D eigenvalue weighted by atomic mass is 9.81. The summed E-state index contributed by atoms with van der Waals surface area (Å²) in [7, 11) is 0. The number of hydrogen-bond acceptors (Lipinski definition) is 2. The molecule has 0 atom stereocenters. The smallest absolute Gasteiger partial charge is 0.0468 e. The largest absolute Gasteiger partial charge is 0.310 e. The van der Waals surface area contributed by atoms with Gasteiger partial charge in [-0.1, -0.05) is 212 Å². The van der Waals surface area contributed by atoms with E-state index in [-0.39, 0.29) is 0 Å². The summed E-state index contributed by atoms with van der Waals surface area (Å²) in [6.45, 7) is 0. The molecule has 0 spiro atoms. The highest BCUT2D eigenvalue weighted by Gasteiger charge is 2.25. The van der Waals surface area contributed by atoms with Crippen molar-refractivity contribution in [3.8, 4) is 22.3 Å². The van der Waals surface area contributed by atoms with Gasteiger partial charge in [0.1, 0.15) is 0 Å². The lowest BCUT2D eigenvalue weighted by Crippen LogP contribution is -2.10. The monoisotopic (exact) mass is 1020 g/mol. The molecule has 0 bridgehead atoms. The molecule has 0 heterocycles. The number of hydrogen-bond donors (Lipinski definition) is 0. The van der Waals surface area contributed by atoms with Gasteiger partial charge >= 0.3 is 0 Å². The maximum Gasteiger partial charge on any atom is 0.0468 e. The van der Waals surface area contributed by atoms with Gasteiger partial charge in [-0.05, 0) is 214 Å². The van der Waals surface area contributed by atoms with E-state index in [0.29, 0.717) is 0 Å². The van der Waals surface area contributed by atoms with Crippen molar-refractivity contribution in [2.24, 2.45) is 0 Å². The normalized spacial score (nSPS) is 13.2. The van der Waals surface area contributed by atoms with Crippen LogP contribution in [0.1, 0.15) is 41.5 Å². The van der Waals surface area contributed by atoms with Gasteiger partial charge in [-0.2, -0.15) is 0 Å². The fourth-order valence-corrected chi connectivity index (χ4v) is 13.0. The third-order valence-corrected chi connectivity index (χ3v) is 16.7. The second-order valence-electron chi connectivity index (χ2n) is 21.4. The molecule has 378 valence electrons. The predicted molar refractivity (Wildman–Crippen MR) is 343 cm³/mol. The van der Waals surface area contributed by atoms with Crippen LogP contribution in [0.3, 0.4) is 0 Å². The summed E-state index contributed by atoms with van der Waals surface area (Å²) in [6.07, 6.45) is 13.5. The summed E-state index contributed by atoms with van der Waals surface area (Å²) < 4.78 is 0. The Morgan fingerprint density at radius 3 is 1.51 bits per heavy atom. The third kappa shape index (κ3) is 8.45.